The highest BCUT2D eigenvalue weighted by molar-refractivity contribution is 5.91. The van der Waals surface area contributed by atoms with Crippen LogP contribution in [0.25, 0.3) is 11.3 Å². The number of methoxy groups -OCH3 is 1. The summed E-state index contributed by atoms with van der Waals surface area (Å²) >= 11 is 0. The van der Waals surface area contributed by atoms with E-state index in [4.69, 9.17) is 0 Å². The van der Waals surface area contributed by atoms with Crippen LogP contribution in [0.4, 0.5) is 0 Å². The molecule has 4 heteroatoms. The van der Waals surface area contributed by atoms with Crippen LogP contribution in [0, 0.1) is 6.92 Å². The fourth-order valence-corrected chi connectivity index (χ4v) is 1.56. The Morgan fingerprint density at radius 2 is 2.25 bits per heavy atom. The molecule has 1 aromatic heterocycles. The molecule has 0 amide bonds. The number of aromatic nitrogens is 2. The number of carbonyl (C=O) groups excluding carboxylic acids is 1. The average molecular weight is 216 g/mol. The minimum atomic E-state index is -0.333. The molecule has 0 aliphatic carbocycles. The van der Waals surface area contributed by atoms with Crippen LogP contribution in [0.15, 0.2) is 30.7 Å². The summed E-state index contributed by atoms with van der Waals surface area (Å²) in [4.78, 5) is 18.4. The molecule has 0 saturated carbocycles. The molecule has 82 valence electrons. The first kappa shape index (κ1) is 10.4. The van der Waals surface area contributed by atoms with Crippen LogP contribution in [0.3, 0.4) is 0 Å². The van der Waals surface area contributed by atoms with Gasteiger partial charge in [-0.2, -0.15) is 0 Å². The van der Waals surface area contributed by atoms with Crippen molar-refractivity contribution in [1.29, 1.82) is 0 Å². The summed E-state index contributed by atoms with van der Waals surface area (Å²) < 4.78 is 4.68. The maximum absolute atomic E-state index is 11.4. The molecule has 0 aliphatic rings. The van der Waals surface area contributed by atoms with Gasteiger partial charge in [0.2, 0.25) is 0 Å². The zero-order valence-electron chi connectivity index (χ0n) is 9.15. The molecule has 2 rings (SSSR count). The Morgan fingerprint density at radius 3 is 2.88 bits per heavy atom. The predicted octanol–water partition coefficient (Wildman–Crippen LogP) is 2.17. The molecule has 4 nitrogen and oxygen atoms in total. The molecule has 0 unspecified atom stereocenters. The quantitative estimate of drug-likeness (QED) is 0.783. The van der Waals surface area contributed by atoms with Crippen molar-refractivity contribution in [3.8, 4) is 11.3 Å². The van der Waals surface area contributed by atoms with E-state index < -0.39 is 0 Å². The third-order valence-electron chi connectivity index (χ3n) is 2.45. The summed E-state index contributed by atoms with van der Waals surface area (Å²) in [6.45, 7) is 1.98. The maximum atomic E-state index is 11.4. The lowest BCUT2D eigenvalue weighted by atomic mass is 10.0. The molecule has 1 heterocycles. The molecule has 0 saturated heterocycles. The minimum Gasteiger partial charge on any atom is -0.465 e. The highest BCUT2D eigenvalue weighted by Crippen LogP contribution is 2.22. The number of nitrogens with one attached hydrogen (secondary N) is 1. The summed E-state index contributed by atoms with van der Waals surface area (Å²) in [5.41, 5.74) is 3.47. The van der Waals surface area contributed by atoms with Gasteiger partial charge in [-0.25, -0.2) is 9.78 Å². The van der Waals surface area contributed by atoms with Crippen LogP contribution in [0.2, 0.25) is 0 Å². The second-order valence-corrected chi connectivity index (χ2v) is 3.49. The summed E-state index contributed by atoms with van der Waals surface area (Å²) in [5, 5.41) is 0. The number of esters is 1. The summed E-state index contributed by atoms with van der Waals surface area (Å²) in [6, 6.07) is 5.44. The normalized spacial score (nSPS) is 10.1. The number of imidazole rings is 1. The Bertz CT molecular complexity index is 504. The molecule has 1 N–H and O–H groups in total. The number of aryl methyl sites for hydroxylation is 1. The van der Waals surface area contributed by atoms with Crippen molar-refractivity contribution in [2.45, 2.75) is 6.92 Å². The molecular weight excluding hydrogens is 204 g/mol. The third-order valence-corrected chi connectivity index (χ3v) is 2.45. The van der Waals surface area contributed by atoms with Gasteiger partial charge in [0.25, 0.3) is 0 Å². The predicted molar refractivity (Wildman–Crippen MR) is 60.1 cm³/mol. The van der Waals surface area contributed by atoms with Crippen molar-refractivity contribution in [3.05, 3.63) is 41.9 Å². The van der Waals surface area contributed by atoms with E-state index in [9.17, 15) is 4.79 Å². The standard InChI is InChI=1S/C12H12N2O2/c1-8-3-4-9(12(15)16-2)5-10(8)11-6-13-7-14-11/h3-7H,1-2H3,(H,13,14). The van der Waals surface area contributed by atoms with Crippen LogP contribution >= 0.6 is 0 Å². The molecule has 0 radical (unpaired) electrons. The Hall–Kier alpha value is -2.10. The summed E-state index contributed by atoms with van der Waals surface area (Å²) in [5.74, 6) is -0.333. The number of nitrogens with zero attached hydrogens (tertiary/aromatic N) is 1. The van der Waals surface area contributed by atoms with Crippen molar-refractivity contribution in [3.63, 3.8) is 0 Å². The Balaban J connectivity index is 2.49. The fraction of sp³-hybridized carbons (Fsp3) is 0.167. The summed E-state index contributed by atoms with van der Waals surface area (Å²) in [7, 11) is 1.37. The van der Waals surface area contributed by atoms with E-state index >= 15 is 0 Å². The largest absolute Gasteiger partial charge is 0.465 e. The first-order valence-electron chi connectivity index (χ1n) is 4.90. The Morgan fingerprint density at radius 1 is 1.44 bits per heavy atom. The molecule has 0 bridgehead atoms. The van der Waals surface area contributed by atoms with E-state index in [1.54, 1.807) is 24.7 Å². The molecular formula is C12H12N2O2. The van der Waals surface area contributed by atoms with Gasteiger partial charge in [0.15, 0.2) is 0 Å². The van der Waals surface area contributed by atoms with Crippen LogP contribution in [-0.4, -0.2) is 23.0 Å². The monoisotopic (exact) mass is 216 g/mol. The second kappa shape index (κ2) is 4.18. The molecule has 0 fully saturated rings. The number of H-pyrrole nitrogens is 1. The highest BCUT2D eigenvalue weighted by atomic mass is 16.5. The molecule has 1 aromatic carbocycles. The summed E-state index contributed by atoms with van der Waals surface area (Å²) in [6.07, 6.45) is 3.34. The Labute approximate surface area is 93.3 Å². The van der Waals surface area contributed by atoms with E-state index in [1.165, 1.54) is 7.11 Å². The van der Waals surface area contributed by atoms with Crippen molar-refractivity contribution < 1.29 is 9.53 Å². The van der Waals surface area contributed by atoms with Gasteiger partial charge in [0, 0.05) is 5.56 Å². The zero-order valence-corrected chi connectivity index (χ0v) is 9.15. The van der Waals surface area contributed by atoms with Gasteiger partial charge in [0.1, 0.15) is 0 Å². The molecule has 0 spiro atoms. The number of rotatable bonds is 2. The van der Waals surface area contributed by atoms with E-state index in [1.807, 2.05) is 13.0 Å². The van der Waals surface area contributed by atoms with Crippen molar-refractivity contribution >= 4 is 5.97 Å². The number of hydrogen-bond acceptors (Lipinski definition) is 3. The van der Waals surface area contributed by atoms with Crippen LogP contribution in [-0.2, 0) is 4.74 Å². The highest BCUT2D eigenvalue weighted by Gasteiger charge is 2.09. The number of hydrogen-bond donors (Lipinski definition) is 1. The molecule has 2 aromatic rings. The number of aromatic amines is 1. The zero-order chi connectivity index (χ0) is 11.5. The van der Waals surface area contributed by atoms with Crippen LogP contribution in [0.5, 0.6) is 0 Å². The SMILES string of the molecule is COC(=O)c1ccc(C)c(-c2cnc[nH]2)c1. The van der Waals surface area contributed by atoms with Gasteiger partial charge >= 0.3 is 5.97 Å². The first-order chi connectivity index (χ1) is 7.72. The lowest BCUT2D eigenvalue weighted by molar-refractivity contribution is 0.0601. The van der Waals surface area contributed by atoms with Crippen LogP contribution in [0.1, 0.15) is 15.9 Å². The average Bonchev–Trinajstić information content (AvgIpc) is 2.82. The maximum Gasteiger partial charge on any atom is 0.337 e. The van der Waals surface area contributed by atoms with Crippen LogP contribution < -0.4 is 0 Å². The van der Waals surface area contributed by atoms with Crippen molar-refractivity contribution in [2.24, 2.45) is 0 Å². The fourth-order valence-electron chi connectivity index (χ4n) is 1.56. The number of carbonyl (C=O) groups is 1. The molecule has 0 aliphatic heterocycles. The van der Waals surface area contributed by atoms with Gasteiger partial charge in [-0.1, -0.05) is 6.07 Å². The van der Waals surface area contributed by atoms with Crippen molar-refractivity contribution in [1.82, 2.24) is 9.97 Å². The van der Waals surface area contributed by atoms with Gasteiger partial charge < -0.3 is 9.72 Å². The molecule has 0 atom stereocenters. The van der Waals surface area contributed by atoms with E-state index in [0.717, 1.165) is 16.8 Å². The van der Waals surface area contributed by atoms with Gasteiger partial charge in [-0.05, 0) is 24.6 Å². The van der Waals surface area contributed by atoms with Crippen molar-refractivity contribution in [2.75, 3.05) is 7.11 Å². The lowest BCUT2D eigenvalue weighted by Gasteiger charge is -2.05. The Kier molecular flexibility index (Phi) is 2.72. The van der Waals surface area contributed by atoms with Gasteiger partial charge in [-0.15, -0.1) is 0 Å². The number of benzene rings is 1. The van der Waals surface area contributed by atoms with Gasteiger partial charge in [0.05, 0.1) is 30.9 Å². The van der Waals surface area contributed by atoms with E-state index in [-0.39, 0.29) is 5.97 Å². The molecule has 16 heavy (non-hydrogen) atoms. The second-order valence-electron chi connectivity index (χ2n) is 3.49. The number of ether oxygens (including phenoxy) is 1. The third kappa shape index (κ3) is 1.82. The minimum absolute atomic E-state index is 0.333. The van der Waals surface area contributed by atoms with E-state index in [0.29, 0.717) is 5.56 Å². The van der Waals surface area contributed by atoms with Gasteiger partial charge in [-0.3, -0.25) is 0 Å². The lowest BCUT2D eigenvalue weighted by Crippen LogP contribution is -2.01. The first-order valence-corrected chi connectivity index (χ1v) is 4.90. The smallest absolute Gasteiger partial charge is 0.337 e. The van der Waals surface area contributed by atoms with E-state index in [2.05, 4.69) is 14.7 Å². The topological polar surface area (TPSA) is 55.0 Å².